The van der Waals surface area contributed by atoms with Gasteiger partial charge in [-0.05, 0) is 24.1 Å². The minimum Gasteiger partial charge on any atom is -0.480 e. The maximum atomic E-state index is 12.3. The van der Waals surface area contributed by atoms with Crippen molar-refractivity contribution in [3.63, 3.8) is 0 Å². The molecule has 0 fully saturated rings. The first-order valence-electron chi connectivity index (χ1n) is 10.1. The zero-order valence-corrected chi connectivity index (χ0v) is 18.5. The number of alkyl carbamates (subject to hydrolysis) is 1. The third-order valence-corrected chi connectivity index (χ3v) is 6.29. The lowest BCUT2D eigenvalue weighted by molar-refractivity contribution is -0.142. The van der Waals surface area contributed by atoms with Crippen molar-refractivity contribution in [2.24, 2.45) is 0 Å². The highest BCUT2D eigenvalue weighted by Crippen LogP contribution is 2.12. The number of carboxylic acids is 1. The molecule has 33 heavy (non-hydrogen) atoms. The Balaban J connectivity index is 1.75. The van der Waals surface area contributed by atoms with E-state index in [2.05, 4.69) is 10.6 Å². The van der Waals surface area contributed by atoms with E-state index in [9.17, 15) is 33.0 Å². The van der Waals surface area contributed by atoms with Gasteiger partial charge in [-0.15, -0.1) is 0 Å². The van der Waals surface area contributed by atoms with Gasteiger partial charge in [-0.3, -0.25) is 4.79 Å². The third-order valence-electron chi connectivity index (χ3n) is 4.53. The number of sulfone groups is 1. The van der Waals surface area contributed by atoms with Gasteiger partial charge in [0.05, 0.1) is 23.2 Å². The zero-order chi connectivity index (χ0) is 24.3. The number of ether oxygens (including phenoxy) is 1. The van der Waals surface area contributed by atoms with Crippen molar-refractivity contribution in [2.45, 2.75) is 36.5 Å². The van der Waals surface area contributed by atoms with Crippen molar-refractivity contribution in [1.82, 2.24) is 10.6 Å². The Morgan fingerprint density at radius 3 is 2.18 bits per heavy atom. The van der Waals surface area contributed by atoms with Gasteiger partial charge in [-0.1, -0.05) is 48.5 Å². The van der Waals surface area contributed by atoms with Crippen molar-refractivity contribution < 1.29 is 37.8 Å². The fourth-order valence-corrected chi connectivity index (χ4v) is 4.14. The van der Waals surface area contributed by atoms with Gasteiger partial charge >= 0.3 is 12.1 Å². The van der Waals surface area contributed by atoms with Crippen LogP contribution in [0.25, 0.3) is 0 Å². The summed E-state index contributed by atoms with van der Waals surface area (Å²) in [6, 6.07) is 15.1. The molecule has 4 N–H and O–H groups in total. The predicted molar refractivity (Wildman–Crippen MR) is 118 cm³/mol. The van der Waals surface area contributed by atoms with Crippen molar-refractivity contribution in [2.75, 3.05) is 12.3 Å². The van der Waals surface area contributed by atoms with E-state index in [0.29, 0.717) is 0 Å². The van der Waals surface area contributed by atoms with Crippen LogP contribution in [0.5, 0.6) is 0 Å². The third kappa shape index (κ3) is 9.29. The van der Waals surface area contributed by atoms with Crippen LogP contribution in [0, 0.1) is 0 Å². The molecule has 0 bridgehead atoms. The Bertz CT molecular complexity index is 1030. The number of nitrogens with one attached hydrogen (secondary N) is 2. The molecule has 2 amide bonds. The molecule has 0 saturated carbocycles. The average molecular weight is 479 g/mol. The van der Waals surface area contributed by atoms with E-state index in [1.165, 1.54) is 12.1 Å². The number of carbonyl (C=O) groups is 3. The summed E-state index contributed by atoms with van der Waals surface area (Å²) in [5, 5.41) is 23.8. The van der Waals surface area contributed by atoms with Crippen molar-refractivity contribution in [1.29, 1.82) is 0 Å². The van der Waals surface area contributed by atoms with Gasteiger partial charge in [0.15, 0.2) is 9.84 Å². The highest BCUT2D eigenvalue weighted by atomic mass is 32.2. The molecule has 2 aromatic rings. The molecule has 2 rings (SSSR count). The Morgan fingerprint density at radius 2 is 1.58 bits per heavy atom. The van der Waals surface area contributed by atoms with Crippen molar-refractivity contribution >= 4 is 27.8 Å². The maximum absolute atomic E-state index is 12.3. The lowest BCUT2D eigenvalue weighted by Crippen LogP contribution is -2.44. The molecular weight excluding hydrogens is 452 g/mol. The number of amides is 2. The SMILES string of the molecule is O=C(C[C@H](O)CNC(=O)OCc1ccccc1)N[C@@H](CCS(=O)(=O)c1ccccc1)C(=O)O. The number of aliphatic hydroxyl groups excluding tert-OH is 1. The topological polar surface area (TPSA) is 159 Å². The average Bonchev–Trinajstić information content (AvgIpc) is 2.80. The van der Waals surface area contributed by atoms with Crippen molar-refractivity contribution in [3.05, 3.63) is 66.2 Å². The van der Waals surface area contributed by atoms with E-state index in [1.807, 2.05) is 6.07 Å². The monoisotopic (exact) mass is 478 g/mol. The minimum absolute atomic E-state index is 0.0371. The Hall–Kier alpha value is -3.44. The smallest absolute Gasteiger partial charge is 0.407 e. The molecular formula is C22H26N2O8S. The fraction of sp³-hybridized carbons (Fsp3) is 0.318. The minimum atomic E-state index is -3.72. The second kappa shape index (κ2) is 12.6. The van der Waals surface area contributed by atoms with E-state index in [1.54, 1.807) is 42.5 Å². The number of benzene rings is 2. The summed E-state index contributed by atoms with van der Waals surface area (Å²) in [5.41, 5.74) is 0.779. The Kier molecular flexibility index (Phi) is 9.83. The molecule has 10 nitrogen and oxygen atoms in total. The summed E-state index contributed by atoms with van der Waals surface area (Å²) in [7, 11) is -3.72. The Labute approximate surface area is 191 Å². The molecule has 0 radical (unpaired) electrons. The summed E-state index contributed by atoms with van der Waals surface area (Å²) in [4.78, 5) is 35.3. The molecule has 11 heteroatoms. The molecule has 0 aliphatic carbocycles. The van der Waals surface area contributed by atoms with Crippen LogP contribution in [0.15, 0.2) is 65.6 Å². The highest BCUT2D eigenvalue weighted by Gasteiger charge is 2.25. The van der Waals surface area contributed by atoms with Crippen LogP contribution in [-0.2, 0) is 30.8 Å². The first-order valence-corrected chi connectivity index (χ1v) is 11.7. The van der Waals surface area contributed by atoms with Gasteiger partial charge in [0.2, 0.25) is 5.91 Å². The molecule has 0 aliphatic rings. The second-order valence-corrected chi connectivity index (χ2v) is 9.29. The molecule has 0 unspecified atom stereocenters. The summed E-state index contributed by atoms with van der Waals surface area (Å²) in [5.74, 6) is -2.68. The first kappa shape index (κ1) is 25.8. The number of hydrogen-bond acceptors (Lipinski definition) is 7. The maximum Gasteiger partial charge on any atom is 0.407 e. The van der Waals surface area contributed by atoms with Crippen LogP contribution < -0.4 is 10.6 Å². The number of rotatable bonds is 12. The number of hydrogen-bond donors (Lipinski definition) is 4. The normalized spacial score (nSPS) is 12.9. The number of aliphatic hydroxyl groups is 1. The van der Waals surface area contributed by atoms with Crippen LogP contribution in [0.1, 0.15) is 18.4 Å². The van der Waals surface area contributed by atoms with Crippen LogP contribution in [-0.4, -0.2) is 61.0 Å². The summed E-state index contributed by atoms with van der Waals surface area (Å²) in [6.45, 7) is -0.253. The van der Waals surface area contributed by atoms with E-state index >= 15 is 0 Å². The largest absolute Gasteiger partial charge is 0.480 e. The van der Waals surface area contributed by atoms with E-state index in [0.717, 1.165) is 5.56 Å². The molecule has 0 aliphatic heterocycles. The molecule has 178 valence electrons. The summed E-state index contributed by atoms with van der Waals surface area (Å²) < 4.78 is 29.6. The molecule has 0 heterocycles. The quantitative estimate of drug-likeness (QED) is 0.353. The molecule has 2 atom stereocenters. The van der Waals surface area contributed by atoms with Gasteiger partial charge in [-0.2, -0.15) is 0 Å². The molecule has 0 saturated heterocycles. The lowest BCUT2D eigenvalue weighted by Gasteiger charge is -2.17. The molecule has 2 aromatic carbocycles. The molecule has 0 aromatic heterocycles. The summed E-state index contributed by atoms with van der Waals surface area (Å²) >= 11 is 0. The number of carbonyl (C=O) groups excluding carboxylic acids is 2. The standard InChI is InChI=1S/C22H26N2O8S/c25-17(14-23-22(29)32-15-16-7-3-1-4-8-16)13-20(26)24-19(21(27)28)11-12-33(30,31)18-9-5-2-6-10-18/h1-10,17,19,25H,11-15H2,(H,23,29)(H,24,26)(H,27,28)/t17-,19-/m0/s1. The first-order chi connectivity index (χ1) is 15.7. The van der Waals surface area contributed by atoms with Crippen molar-refractivity contribution in [3.8, 4) is 0 Å². The van der Waals surface area contributed by atoms with Crippen LogP contribution in [0.3, 0.4) is 0 Å². The molecule has 0 spiro atoms. The summed E-state index contributed by atoms with van der Waals surface area (Å²) in [6.07, 6.45) is -2.92. The van der Waals surface area contributed by atoms with E-state index < -0.39 is 52.1 Å². The van der Waals surface area contributed by atoms with E-state index in [4.69, 9.17) is 4.74 Å². The van der Waals surface area contributed by atoms with Gasteiger partial charge in [0.1, 0.15) is 12.6 Å². The predicted octanol–water partition coefficient (Wildman–Crippen LogP) is 1.10. The Morgan fingerprint density at radius 1 is 0.970 bits per heavy atom. The zero-order valence-electron chi connectivity index (χ0n) is 17.7. The second-order valence-electron chi connectivity index (χ2n) is 7.18. The van der Waals surface area contributed by atoms with E-state index in [-0.39, 0.29) is 24.5 Å². The highest BCUT2D eigenvalue weighted by molar-refractivity contribution is 7.91. The van der Waals surface area contributed by atoms with Gasteiger partial charge < -0.3 is 25.6 Å². The van der Waals surface area contributed by atoms with Gasteiger partial charge in [0.25, 0.3) is 0 Å². The fourth-order valence-electron chi connectivity index (χ4n) is 2.79. The van der Waals surface area contributed by atoms with Gasteiger partial charge in [0, 0.05) is 6.54 Å². The lowest BCUT2D eigenvalue weighted by atomic mass is 10.2. The number of carboxylic acid groups (broad SMARTS) is 1. The van der Waals surface area contributed by atoms with Gasteiger partial charge in [-0.25, -0.2) is 18.0 Å². The van der Waals surface area contributed by atoms with Crippen LogP contribution in [0.4, 0.5) is 4.79 Å². The number of aliphatic carboxylic acids is 1. The van der Waals surface area contributed by atoms with Crippen LogP contribution in [0.2, 0.25) is 0 Å². The van der Waals surface area contributed by atoms with Crippen LogP contribution >= 0.6 is 0 Å².